The van der Waals surface area contributed by atoms with E-state index in [0.717, 1.165) is 19.5 Å². The van der Waals surface area contributed by atoms with Gasteiger partial charge in [-0.25, -0.2) is 13.1 Å². The van der Waals surface area contributed by atoms with Crippen LogP contribution in [-0.2, 0) is 10.0 Å². The minimum absolute atomic E-state index is 0.0210. The molecule has 1 aromatic rings. The van der Waals surface area contributed by atoms with Gasteiger partial charge < -0.3 is 4.74 Å². The quantitative estimate of drug-likeness (QED) is 0.900. The molecule has 0 unspecified atom stereocenters. The Bertz CT molecular complexity index is 594. The SMILES string of the molecule is COc1ccc(S(=O)(=O)N[C@@H]2CCN(C3CCCC3)C2)cc1. The number of benzene rings is 1. The van der Waals surface area contributed by atoms with Crippen LogP contribution in [0.5, 0.6) is 5.75 Å². The minimum atomic E-state index is -3.45. The van der Waals surface area contributed by atoms with Crippen molar-refractivity contribution >= 4 is 10.0 Å². The van der Waals surface area contributed by atoms with Crippen LogP contribution in [0.3, 0.4) is 0 Å². The zero-order chi connectivity index (χ0) is 15.6. The first-order valence-electron chi connectivity index (χ1n) is 7.99. The van der Waals surface area contributed by atoms with Crippen LogP contribution in [0, 0.1) is 0 Å². The van der Waals surface area contributed by atoms with Gasteiger partial charge in [0.1, 0.15) is 5.75 Å². The first-order valence-corrected chi connectivity index (χ1v) is 9.47. The van der Waals surface area contributed by atoms with Crippen LogP contribution in [0.25, 0.3) is 0 Å². The lowest BCUT2D eigenvalue weighted by molar-refractivity contribution is 0.242. The second-order valence-corrected chi connectivity index (χ2v) is 7.93. The van der Waals surface area contributed by atoms with Gasteiger partial charge in [0.2, 0.25) is 10.0 Å². The van der Waals surface area contributed by atoms with Gasteiger partial charge in [-0.3, -0.25) is 4.90 Å². The Labute approximate surface area is 132 Å². The molecule has 0 radical (unpaired) electrons. The molecule has 0 amide bonds. The summed E-state index contributed by atoms with van der Waals surface area (Å²) in [6, 6.07) is 7.21. The van der Waals surface area contributed by atoms with E-state index in [1.807, 2.05) is 0 Å². The van der Waals surface area contributed by atoms with Crippen molar-refractivity contribution in [3.8, 4) is 5.75 Å². The smallest absolute Gasteiger partial charge is 0.240 e. The maximum atomic E-state index is 12.4. The van der Waals surface area contributed by atoms with Crippen LogP contribution < -0.4 is 9.46 Å². The second-order valence-electron chi connectivity index (χ2n) is 6.22. The lowest BCUT2D eigenvalue weighted by Gasteiger charge is -2.23. The molecule has 1 saturated carbocycles. The summed E-state index contributed by atoms with van der Waals surface area (Å²) in [7, 11) is -1.88. The van der Waals surface area contributed by atoms with E-state index < -0.39 is 10.0 Å². The van der Waals surface area contributed by atoms with Crippen molar-refractivity contribution < 1.29 is 13.2 Å². The van der Waals surface area contributed by atoms with Gasteiger partial charge in [0.15, 0.2) is 0 Å². The van der Waals surface area contributed by atoms with Crippen molar-refractivity contribution in [2.75, 3.05) is 20.2 Å². The van der Waals surface area contributed by atoms with Gasteiger partial charge in [-0.2, -0.15) is 0 Å². The van der Waals surface area contributed by atoms with E-state index in [0.29, 0.717) is 16.7 Å². The van der Waals surface area contributed by atoms with E-state index in [1.54, 1.807) is 31.4 Å². The molecule has 1 atom stereocenters. The second kappa shape index (κ2) is 6.56. The molecule has 22 heavy (non-hydrogen) atoms. The average molecular weight is 324 g/mol. The van der Waals surface area contributed by atoms with Gasteiger partial charge in [0.25, 0.3) is 0 Å². The number of nitrogens with zero attached hydrogens (tertiary/aromatic N) is 1. The number of likely N-dealkylation sites (tertiary alicyclic amines) is 1. The molecule has 1 aromatic carbocycles. The maximum Gasteiger partial charge on any atom is 0.240 e. The Morgan fingerprint density at radius 3 is 2.45 bits per heavy atom. The van der Waals surface area contributed by atoms with Gasteiger partial charge in [0, 0.05) is 25.2 Å². The number of hydrogen-bond acceptors (Lipinski definition) is 4. The molecule has 1 aliphatic heterocycles. The van der Waals surface area contributed by atoms with Crippen molar-refractivity contribution in [3.63, 3.8) is 0 Å². The minimum Gasteiger partial charge on any atom is -0.497 e. The van der Waals surface area contributed by atoms with Crippen molar-refractivity contribution in [2.24, 2.45) is 0 Å². The van der Waals surface area contributed by atoms with Crippen molar-refractivity contribution in [2.45, 2.75) is 49.1 Å². The number of hydrogen-bond donors (Lipinski definition) is 1. The van der Waals surface area contributed by atoms with Crippen LogP contribution in [0.1, 0.15) is 32.1 Å². The Morgan fingerprint density at radius 1 is 1.14 bits per heavy atom. The van der Waals surface area contributed by atoms with Crippen molar-refractivity contribution in [3.05, 3.63) is 24.3 Å². The summed E-state index contributed by atoms with van der Waals surface area (Å²) in [6.07, 6.45) is 6.04. The van der Waals surface area contributed by atoms with E-state index in [4.69, 9.17) is 4.74 Å². The highest BCUT2D eigenvalue weighted by molar-refractivity contribution is 7.89. The Balaban J connectivity index is 1.61. The first-order chi connectivity index (χ1) is 10.6. The molecule has 0 spiro atoms. The molecule has 6 heteroatoms. The lowest BCUT2D eigenvalue weighted by atomic mass is 10.2. The summed E-state index contributed by atoms with van der Waals surface area (Å²) in [5.74, 6) is 0.659. The summed E-state index contributed by atoms with van der Waals surface area (Å²) in [4.78, 5) is 2.75. The third kappa shape index (κ3) is 3.45. The van der Waals surface area contributed by atoms with Crippen LogP contribution >= 0.6 is 0 Å². The molecule has 0 bridgehead atoms. The molecule has 1 aliphatic carbocycles. The largest absolute Gasteiger partial charge is 0.497 e. The number of rotatable bonds is 5. The monoisotopic (exact) mass is 324 g/mol. The predicted octanol–water partition coefficient (Wildman–Crippen LogP) is 1.99. The van der Waals surface area contributed by atoms with Crippen LogP contribution in [0.2, 0.25) is 0 Å². The molecule has 122 valence electrons. The average Bonchev–Trinajstić information content (AvgIpc) is 3.18. The number of ether oxygens (including phenoxy) is 1. The molecule has 2 aliphatic rings. The summed E-state index contributed by atoms with van der Waals surface area (Å²) in [5.41, 5.74) is 0. The normalized spacial score (nSPS) is 24.0. The summed E-state index contributed by atoms with van der Waals surface area (Å²) in [5, 5.41) is 0. The topological polar surface area (TPSA) is 58.6 Å². The fourth-order valence-electron chi connectivity index (χ4n) is 3.53. The summed E-state index contributed by atoms with van der Waals surface area (Å²) in [6.45, 7) is 1.83. The molecule has 1 N–H and O–H groups in total. The predicted molar refractivity (Wildman–Crippen MR) is 85.5 cm³/mol. The standard InChI is InChI=1S/C16H24N2O3S/c1-21-15-6-8-16(9-7-15)22(19,20)17-13-10-11-18(12-13)14-4-2-3-5-14/h6-9,13-14,17H,2-5,10-12H2,1H3/t13-/m1/s1. The van der Waals surface area contributed by atoms with Crippen LogP contribution in [0.4, 0.5) is 0 Å². The fraction of sp³-hybridized carbons (Fsp3) is 0.625. The molecule has 2 fully saturated rings. The highest BCUT2D eigenvalue weighted by Crippen LogP contribution is 2.27. The number of sulfonamides is 1. The number of nitrogens with one attached hydrogen (secondary N) is 1. The van der Waals surface area contributed by atoms with E-state index in [9.17, 15) is 8.42 Å². The maximum absolute atomic E-state index is 12.4. The zero-order valence-corrected chi connectivity index (χ0v) is 13.8. The molecule has 5 nitrogen and oxygen atoms in total. The highest BCUT2D eigenvalue weighted by atomic mass is 32.2. The van der Waals surface area contributed by atoms with E-state index in [-0.39, 0.29) is 6.04 Å². The van der Waals surface area contributed by atoms with Gasteiger partial charge in [-0.1, -0.05) is 12.8 Å². The first kappa shape index (κ1) is 15.8. The van der Waals surface area contributed by atoms with Crippen LogP contribution in [-0.4, -0.2) is 45.6 Å². The molecule has 1 saturated heterocycles. The highest BCUT2D eigenvalue weighted by Gasteiger charge is 2.32. The molecule has 1 heterocycles. The van der Waals surface area contributed by atoms with E-state index in [2.05, 4.69) is 9.62 Å². The lowest BCUT2D eigenvalue weighted by Crippen LogP contribution is -2.39. The zero-order valence-electron chi connectivity index (χ0n) is 13.0. The Hall–Kier alpha value is -1.11. The molecule has 3 rings (SSSR count). The van der Waals surface area contributed by atoms with Gasteiger partial charge in [-0.05, 0) is 43.5 Å². The summed E-state index contributed by atoms with van der Waals surface area (Å²) < 4.78 is 32.8. The number of methoxy groups -OCH3 is 1. The molecular weight excluding hydrogens is 300 g/mol. The van der Waals surface area contributed by atoms with E-state index >= 15 is 0 Å². The molecular formula is C16H24N2O3S. The third-order valence-corrected chi connectivity index (χ3v) is 6.29. The third-order valence-electron chi connectivity index (χ3n) is 4.75. The summed E-state index contributed by atoms with van der Waals surface area (Å²) >= 11 is 0. The molecule has 0 aromatic heterocycles. The Kier molecular flexibility index (Phi) is 4.70. The van der Waals surface area contributed by atoms with Crippen molar-refractivity contribution in [1.82, 2.24) is 9.62 Å². The van der Waals surface area contributed by atoms with Gasteiger partial charge in [0.05, 0.1) is 12.0 Å². The fourth-order valence-corrected chi connectivity index (χ4v) is 4.79. The van der Waals surface area contributed by atoms with Crippen LogP contribution in [0.15, 0.2) is 29.2 Å². The van der Waals surface area contributed by atoms with Gasteiger partial charge in [-0.15, -0.1) is 0 Å². The Morgan fingerprint density at radius 2 is 1.82 bits per heavy atom. The van der Waals surface area contributed by atoms with E-state index in [1.165, 1.54) is 25.7 Å². The van der Waals surface area contributed by atoms with Gasteiger partial charge >= 0.3 is 0 Å². The van der Waals surface area contributed by atoms with Crippen molar-refractivity contribution in [1.29, 1.82) is 0 Å².